The number of carbonyl (C=O) groups excluding carboxylic acids is 1. The van der Waals surface area contributed by atoms with Crippen LogP contribution >= 0.6 is 24.8 Å². The van der Waals surface area contributed by atoms with Crippen molar-refractivity contribution in [1.82, 2.24) is 9.88 Å². The third-order valence-corrected chi connectivity index (χ3v) is 4.66. The minimum atomic E-state index is 0. The van der Waals surface area contributed by atoms with Crippen molar-refractivity contribution in [1.29, 1.82) is 0 Å². The second-order valence-corrected chi connectivity index (χ2v) is 6.32. The zero-order chi connectivity index (χ0) is 15.7. The van der Waals surface area contributed by atoms with Gasteiger partial charge in [-0.3, -0.25) is 9.78 Å². The lowest BCUT2D eigenvalue weighted by molar-refractivity contribution is 0.0683. The number of likely N-dealkylation sites (tertiary alicyclic amines) is 1. The van der Waals surface area contributed by atoms with Crippen LogP contribution in [0.1, 0.15) is 35.8 Å². The van der Waals surface area contributed by atoms with Gasteiger partial charge in [0.15, 0.2) is 0 Å². The molecule has 1 amide bonds. The summed E-state index contributed by atoms with van der Waals surface area (Å²) in [4.78, 5) is 19.4. The lowest BCUT2D eigenvalue weighted by Crippen LogP contribution is -2.42. The second-order valence-electron chi connectivity index (χ2n) is 6.32. The Bertz CT molecular complexity index is 698. The Morgan fingerprint density at radius 3 is 2.50 bits per heavy atom. The molecule has 1 unspecified atom stereocenters. The van der Waals surface area contributed by atoms with Gasteiger partial charge in [0.25, 0.3) is 5.91 Å². The van der Waals surface area contributed by atoms with E-state index in [-0.39, 0.29) is 36.8 Å². The van der Waals surface area contributed by atoms with Crippen LogP contribution in [0.3, 0.4) is 0 Å². The fourth-order valence-electron chi connectivity index (χ4n) is 3.22. The highest BCUT2D eigenvalue weighted by Gasteiger charge is 2.26. The van der Waals surface area contributed by atoms with Crippen LogP contribution in [-0.2, 0) is 0 Å². The number of pyridine rings is 1. The van der Waals surface area contributed by atoms with Crippen LogP contribution in [0.4, 0.5) is 0 Å². The van der Waals surface area contributed by atoms with Crippen molar-refractivity contribution in [2.45, 2.75) is 32.7 Å². The van der Waals surface area contributed by atoms with Gasteiger partial charge in [0.05, 0.1) is 11.1 Å². The van der Waals surface area contributed by atoms with Crippen molar-refractivity contribution >= 4 is 41.6 Å². The van der Waals surface area contributed by atoms with Crippen LogP contribution in [0.2, 0.25) is 0 Å². The lowest BCUT2D eigenvalue weighted by atomic mass is 9.90. The fraction of sp³-hybridized carbons (Fsp3) is 0.444. The van der Waals surface area contributed by atoms with Crippen molar-refractivity contribution in [3.63, 3.8) is 0 Å². The number of fused-ring (bicyclic) bond motifs is 1. The highest BCUT2D eigenvalue weighted by molar-refractivity contribution is 6.05. The third-order valence-electron chi connectivity index (χ3n) is 4.66. The molecule has 1 aromatic heterocycles. The van der Waals surface area contributed by atoms with Gasteiger partial charge in [-0.15, -0.1) is 24.8 Å². The normalized spacial score (nSPS) is 16.2. The van der Waals surface area contributed by atoms with Crippen LogP contribution in [0.25, 0.3) is 10.9 Å². The van der Waals surface area contributed by atoms with E-state index in [9.17, 15) is 4.79 Å². The number of halogens is 2. The van der Waals surface area contributed by atoms with E-state index < -0.39 is 0 Å². The van der Waals surface area contributed by atoms with E-state index in [4.69, 9.17) is 5.73 Å². The molecule has 1 aromatic carbocycles. The standard InChI is InChI=1S/C18H23N3O.2ClH/c1-12-6-7-15-4-3-5-16(17(15)20-12)18(22)21-10-8-14(9-11-21)13(2)19;;/h3-7,13-14H,8-11,19H2,1-2H3;2*1H. The van der Waals surface area contributed by atoms with Gasteiger partial charge in [-0.05, 0) is 44.7 Å². The third kappa shape index (κ3) is 4.18. The summed E-state index contributed by atoms with van der Waals surface area (Å²) in [5, 5.41) is 1.02. The van der Waals surface area contributed by atoms with Crippen LogP contribution in [0.5, 0.6) is 0 Å². The first-order valence-electron chi connectivity index (χ1n) is 7.97. The minimum absolute atomic E-state index is 0. The Morgan fingerprint density at radius 2 is 1.88 bits per heavy atom. The van der Waals surface area contributed by atoms with E-state index >= 15 is 0 Å². The van der Waals surface area contributed by atoms with Crippen molar-refractivity contribution in [3.05, 3.63) is 41.6 Å². The number of carbonyl (C=O) groups is 1. The molecule has 1 atom stereocenters. The SMILES string of the molecule is Cc1ccc2cccc(C(=O)N3CCC(C(C)N)CC3)c2n1.Cl.Cl. The van der Waals surface area contributed by atoms with E-state index in [1.54, 1.807) is 0 Å². The molecule has 1 aliphatic heterocycles. The van der Waals surface area contributed by atoms with Crippen molar-refractivity contribution < 1.29 is 4.79 Å². The first-order valence-corrected chi connectivity index (χ1v) is 7.97. The molecule has 132 valence electrons. The average Bonchev–Trinajstić information content (AvgIpc) is 2.53. The van der Waals surface area contributed by atoms with E-state index in [0.717, 1.165) is 42.5 Å². The van der Waals surface area contributed by atoms with E-state index in [2.05, 4.69) is 11.9 Å². The number of aryl methyl sites for hydroxylation is 1. The summed E-state index contributed by atoms with van der Waals surface area (Å²) in [6.45, 7) is 5.58. The fourth-order valence-corrected chi connectivity index (χ4v) is 3.22. The van der Waals surface area contributed by atoms with Gasteiger partial charge in [-0.1, -0.05) is 18.2 Å². The van der Waals surface area contributed by atoms with Crippen molar-refractivity contribution in [3.8, 4) is 0 Å². The van der Waals surface area contributed by atoms with E-state index in [0.29, 0.717) is 11.5 Å². The molecular weight excluding hydrogens is 345 g/mol. The summed E-state index contributed by atoms with van der Waals surface area (Å²) in [5.74, 6) is 0.615. The van der Waals surface area contributed by atoms with Crippen molar-refractivity contribution in [2.75, 3.05) is 13.1 Å². The average molecular weight is 370 g/mol. The number of amides is 1. The molecule has 0 bridgehead atoms. The molecule has 4 nitrogen and oxygen atoms in total. The minimum Gasteiger partial charge on any atom is -0.339 e. The van der Waals surface area contributed by atoms with Gasteiger partial charge in [0, 0.05) is 30.2 Å². The molecule has 0 saturated carbocycles. The van der Waals surface area contributed by atoms with Gasteiger partial charge >= 0.3 is 0 Å². The maximum Gasteiger partial charge on any atom is 0.256 e. The molecule has 1 saturated heterocycles. The quantitative estimate of drug-likeness (QED) is 0.879. The van der Waals surface area contributed by atoms with E-state index in [1.165, 1.54) is 0 Å². The predicted octanol–water partition coefficient (Wildman–Crippen LogP) is 3.59. The molecule has 24 heavy (non-hydrogen) atoms. The summed E-state index contributed by atoms with van der Waals surface area (Å²) in [6, 6.07) is 10.0. The van der Waals surface area contributed by atoms with E-state index in [1.807, 2.05) is 42.2 Å². The molecule has 3 rings (SSSR count). The Kier molecular flexibility index (Phi) is 7.46. The second kappa shape index (κ2) is 8.65. The number of para-hydroxylation sites is 1. The monoisotopic (exact) mass is 369 g/mol. The smallest absolute Gasteiger partial charge is 0.256 e. The van der Waals surface area contributed by atoms with Crippen LogP contribution < -0.4 is 5.73 Å². The number of benzene rings is 1. The maximum absolute atomic E-state index is 12.9. The summed E-state index contributed by atoms with van der Waals surface area (Å²) < 4.78 is 0. The summed E-state index contributed by atoms with van der Waals surface area (Å²) >= 11 is 0. The van der Waals surface area contributed by atoms with Gasteiger partial charge in [0.1, 0.15) is 0 Å². The largest absolute Gasteiger partial charge is 0.339 e. The van der Waals surface area contributed by atoms with Crippen LogP contribution in [0, 0.1) is 12.8 Å². The van der Waals surface area contributed by atoms with Gasteiger partial charge in [0.2, 0.25) is 0 Å². The Morgan fingerprint density at radius 1 is 1.21 bits per heavy atom. The Balaban J connectivity index is 0.00000144. The summed E-state index contributed by atoms with van der Waals surface area (Å²) in [7, 11) is 0. The van der Waals surface area contributed by atoms with Gasteiger partial charge in [-0.2, -0.15) is 0 Å². The molecule has 1 fully saturated rings. The summed E-state index contributed by atoms with van der Waals surface area (Å²) in [6.07, 6.45) is 1.97. The van der Waals surface area contributed by atoms with Crippen LogP contribution in [-0.4, -0.2) is 34.9 Å². The number of hydrogen-bond acceptors (Lipinski definition) is 3. The molecule has 2 N–H and O–H groups in total. The highest BCUT2D eigenvalue weighted by Crippen LogP contribution is 2.24. The molecule has 2 aromatic rings. The first-order chi connectivity index (χ1) is 10.6. The molecule has 0 spiro atoms. The zero-order valence-electron chi connectivity index (χ0n) is 14.1. The van der Waals surface area contributed by atoms with Gasteiger partial charge in [-0.25, -0.2) is 0 Å². The Labute approximate surface area is 155 Å². The molecule has 1 aliphatic rings. The molecular formula is C18H25Cl2N3O. The maximum atomic E-state index is 12.9. The number of nitrogens with zero attached hydrogens (tertiary/aromatic N) is 2. The number of piperidine rings is 1. The molecule has 0 aliphatic carbocycles. The van der Waals surface area contributed by atoms with Gasteiger partial charge < -0.3 is 10.6 Å². The first kappa shape index (κ1) is 20.7. The number of aromatic nitrogens is 1. The zero-order valence-corrected chi connectivity index (χ0v) is 15.7. The lowest BCUT2D eigenvalue weighted by Gasteiger charge is -2.33. The predicted molar refractivity (Wildman–Crippen MR) is 103 cm³/mol. The molecule has 0 radical (unpaired) electrons. The Hall–Kier alpha value is -1.36. The van der Waals surface area contributed by atoms with Crippen molar-refractivity contribution in [2.24, 2.45) is 11.7 Å². The topological polar surface area (TPSA) is 59.2 Å². The molecule has 6 heteroatoms. The summed E-state index contributed by atoms with van der Waals surface area (Å²) in [5.41, 5.74) is 8.43. The highest BCUT2D eigenvalue weighted by atomic mass is 35.5. The number of rotatable bonds is 2. The number of hydrogen-bond donors (Lipinski definition) is 1. The van der Waals surface area contributed by atoms with Crippen LogP contribution in [0.15, 0.2) is 30.3 Å². The number of nitrogens with two attached hydrogens (primary N) is 1. The molecule has 2 heterocycles.